The van der Waals surface area contributed by atoms with E-state index in [1.807, 2.05) is 75.4 Å². The highest BCUT2D eigenvalue weighted by Crippen LogP contribution is 2.32. The van der Waals surface area contributed by atoms with Gasteiger partial charge in [-0.15, -0.1) is 11.3 Å². The van der Waals surface area contributed by atoms with E-state index in [1.165, 1.54) is 11.3 Å². The van der Waals surface area contributed by atoms with Gasteiger partial charge in [0.25, 0.3) is 5.91 Å². The van der Waals surface area contributed by atoms with E-state index >= 15 is 0 Å². The van der Waals surface area contributed by atoms with Crippen molar-refractivity contribution in [3.63, 3.8) is 0 Å². The Bertz CT molecular complexity index is 1190. The van der Waals surface area contributed by atoms with Crippen molar-refractivity contribution in [2.45, 2.75) is 20.8 Å². The van der Waals surface area contributed by atoms with E-state index in [1.54, 1.807) is 11.8 Å². The first-order valence-electron chi connectivity index (χ1n) is 9.52. The van der Waals surface area contributed by atoms with Gasteiger partial charge in [0.15, 0.2) is 5.13 Å². The van der Waals surface area contributed by atoms with Gasteiger partial charge >= 0.3 is 0 Å². The Morgan fingerprint density at radius 3 is 2.40 bits per heavy atom. The fourth-order valence-corrected chi connectivity index (χ4v) is 4.25. The van der Waals surface area contributed by atoms with E-state index < -0.39 is 0 Å². The smallest absolute Gasteiger partial charge is 0.261 e. The Kier molecular flexibility index (Phi) is 5.37. The van der Waals surface area contributed by atoms with Gasteiger partial charge in [-0.25, -0.2) is 9.67 Å². The molecule has 0 bridgehead atoms. The van der Waals surface area contributed by atoms with Crippen LogP contribution in [0.3, 0.4) is 0 Å². The molecule has 0 aliphatic heterocycles. The monoisotopic (exact) mass is 418 g/mol. The molecule has 0 saturated carbocycles. The molecule has 0 saturated heterocycles. The average molecular weight is 419 g/mol. The van der Waals surface area contributed by atoms with Gasteiger partial charge in [0.05, 0.1) is 35.4 Å². The number of methoxy groups -OCH3 is 1. The molecule has 0 fully saturated rings. The summed E-state index contributed by atoms with van der Waals surface area (Å²) >= 11 is 1.46. The van der Waals surface area contributed by atoms with Crippen molar-refractivity contribution in [2.75, 3.05) is 12.4 Å². The summed E-state index contributed by atoms with van der Waals surface area (Å²) in [5, 5.41) is 8.07. The Balaban J connectivity index is 1.60. The zero-order chi connectivity index (χ0) is 21.3. The van der Waals surface area contributed by atoms with E-state index in [2.05, 4.69) is 15.4 Å². The van der Waals surface area contributed by atoms with Crippen LogP contribution in [0, 0.1) is 20.8 Å². The van der Waals surface area contributed by atoms with Gasteiger partial charge in [0.1, 0.15) is 5.75 Å². The third kappa shape index (κ3) is 3.71. The molecule has 0 atom stereocenters. The SMILES string of the molecule is COc1ccc(-c2nc(NC(=O)c3c(C)nn(-c4ccccc4)c3C)sc2C)cc1. The number of hydrogen-bond acceptors (Lipinski definition) is 5. The van der Waals surface area contributed by atoms with Crippen LogP contribution in [0.4, 0.5) is 5.13 Å². The largest absolute Gasteiger partial charge is 0.497 e. The lowest BCUT2D eigenvalue weighted by Gasteiger charge is -2.05. The third-order valence-corrected chi connectivity index (χ3v) is 5.79. The van der Waals surface area contributed by atoms with Crippen molar-refractivity contribution in [1.82, 2.24) is 14.8 Å². The molecule has 2 aromatic carbocycles. The van der Waals surface area contributed by atoms with Gasteiger partial charge < -0.3 is 4.74 Å². The molecule has 30 heavy (non-hydrogen) atoms. The van der Waals surface area contributed by atoms with Gasteiger partial charge in [0.2, 0.25) is 0 Å². The molecule has 1 N–H and O–H groups in total. The summed E-state index contributed by atoms with van der Waals surface area (Å²) in [6.45, 7) is 5.74. The summed E-state index contributed by atoms with van der Waals surface area (Å²) in [7, 11) is 1.64. The number of nitrogens with zero attached hydrogens (tertiary/aromatic N) is 3. The standard InChI is InChI=1S/C23H22N4O2S/c1-14-20(15(2)27(26-14)18-8-6-5-7-9-18)22(28)25-23-24-21(16(3)30-23)17-10-12-19(29-4)13-11-17/h5-13H,1-4H3,(H,24,25,28). The minimum Gasteiger partial charge on any atom is -0.497 e. The third-order valence-electron chi connectivity index (χ3n) is 4.90. The number of thiazole rings is 1. The number of hydrogen-bond donors (Lipinski definition) is 1. The van der Waals surface area contributed by atoms with Crippen molar-refractivity contribution < 1.29 is 9.53 Å². The highest BCUT2D eigenvalue weighted by molar-refractivity contribution is 7.16. The van der Waals surface area contributed by atoms with E-state index in [0.29, 0.717) is 16.4 Å². The number of carbonyl (C=O) groups excluding carboxylic acids is 1. The van der Waals surface area contributed by atoms with E-state index in [9.17, 15) is 4.79 Å². The zero-order valence-electron chi connectivity index (χ0n) is 17.3. The predicted octanol–water partition coefficient (Wildman–Crippen LogP) is 5.18. The number of benzene rings is 2. The summed E-state index contributed by atoms with van der Waals surface area (Å²) in [5.74, 6) is 0.587. The Labute approximate surface area is 179 Å². The number of ether oxygens (including phenoxy) is 1. The number of aromatic nitrogens is 3. The van der Waals surface area contributed by atoms with E-state index in [0.717, 1.165) is 33.3 Å². The topological polar surface area (TPSA) is 69.0 Å². The van der Waals surface area contributed by atoms with Gasteiger partial charge in [-0.1, -0.05) is 18.2 Å². The van der Waals surface area contributed by atoms with Crippen molar-refractivity contribution >= 4 is 22.4 Å². The van der Waals surface area contributed by atoms with Crippen LogP contribution in [0.25, 0.3) is 16.9 Å². The number of aryl methyl sites for hydroxylation is 2. The molecule has 6 nitrogen and oxygen atoms in total. The van der Waals surface area contributed by atoms with Crippen molar-refractivity contribution in [3.05, 3.63) is 76.4 Å². The number of amides is 1. The summed E-state index contributed by atoms with van der Waals surface area (Å²) in [5.41, 5.74) is 4.79. The Hall–Kier alpha value is -3.45. The molecule has 152 valence electrons. The Morgan fingerprint density at radius 2 is 1.73 bits per heavy atom. The molecule has 0 radical (unpaired) electrons. The van der Waals surface area contributed by atoms with Gasteiger partial charge in [-0.3, -0.25) is 10.1 Å². The number of carbonyl (C=O) groups is 1. The number of para-hydroxylation sites is 1. The second-order valence-corrected chi connectivity index (χ2v) is 8.10. The maximum Gasteiger partial charge on any atom is 0.261 e. The number of rotatable bonds is 5. The summed E-state index contributed by atoms with van der Waals surface area (Å²) < 4.78 is 7.01. The van der Waals surface area contributed by atoms with Crippen molar-refractivity contribution in [3.8, 4) is 22.7 Å². The highest BCUT2D eigenvalue weighted by Gasteiger charge is 2.21. The zero-order valence-corrected chi connectivity index (χ0v) is 18.1. The molecule has 0 unspecified atom stereocenters. The van der Waals surface area contributed by atoms with Crippen LogP contribution in [0.2, 0.25) is 0 Å². The van der Waals surface area contributed by atoms with Crippen LogP contribution in [0.15, 0.2) is 54.6 Å². The quantitative estimate of drug-likeness (QED) is 0.485. The van der Waals surface area contributed by atoms with Crippen molar-refractivity contribution in [2.24, 2.45) is 0 Å². The fourth-order valence-electron chi connectivity index (χ4n) is 3.42. The van der Waals surface area contributed by atoms with Crippen LogP contribution >= 0.6 is 11.3 Å². The molecule has 2 heterocycles. The molecule has 7 heteroatoms. The maximum absolute atomic E-state index is 13.0. The average Bonchev–Trinajstić information content (AvgIpc) is 3.27. The fraction of sp³-hybridized carbons (Fsp3) is 0.174. The number of anilines is 1. The normalized spacial score (nSPS) is 10.8. The Morgan fingerprint density at radius 1 is 1.03 bits per heavy atom. The van der Waals surface area contributed by atoms with Crippen LogP contribution in [-0.4, -0.2) is 27.8 Å². The van der Waals surface area contributed by atoms with Crippen LogP contribution in [0.5, 0.6) is 5.75 Å². The first-order valence-corrected chi connectivity index (χ1v) is 10.3. The summed E-state index contributed by atoms with van der Waals surface area (Å²) in [6, 6.07) is 17.5. The second-order valence-electron chi connectivity index (χ2n) is 6.90. The van der Waals surface area contributed by atoms with Gasteiger partial charge in [-0.05, 0) is 57.2 Å². The molecule has 4 rings (SSSR count). The lowest BCUT2D eigenvalue weighted by Crippen LogP contribution is -2.14. The minimum absolute atomic E-state index is 0.206. The van der Waals surface area contributed by atoms with Gasteiger partial charge in [-0.2, -0.15) is 5.10 Å². The molecule has 4 aromatic rings. The molecular formula is C23H22N4O2S. The van der Waals surface area contributed by atoms with Crippen LogP contribution < -0.4 is 10.1 Å². The van der Waals surface area contributed by atoms with E-state index in [-0.39, 0.29) is 5.91 Å². The number of nitrogens with one attached hydrogen (secondary N) is 1. The molecule has 0 aliphatic carbocycles. The first-order chi connectivity index (χ1) is 14.5. The molecule has 0 aliphatic rings. The lowest BCUT2D eigenvalue weighted by atomic mass is 10.1. The van der Waals surface area contributed by atoms with Crippen molar-refractivity contribution in [1.29, 1.82) is 0 Å². The molecule has 1 amide bonds. The summed E-state index contributed by atoms with van der Waals surface area (Å²) in [6.07, 6.45) is 0. The predicted molar refractivity (Wildman–Crippen MR) is 120 cm³/mol. The lowest BCUT2D eigenvalue weighted by molar-refractivity contribution is 0.102. The van der Waals surface area contributed by atoms with Gasteiger partial charge in [0, 0.05) is 10.4 Å². The summed E-state index contributed by atoms with van der Waals surface area (Å²) in [4.78, 5) is 18.7. The van der Waals surface area contributed by atoms with Crippen LogP contribution in [0.1, 0.15) is 26.6 Å². The molecular weight excluding hydrogens is 396 g/mol. The molecule has 2 aromatic heterocycles. The van der Waals surface area contributed by atoms with E-state index in [4.69, 9.17) is 4.74 Å². The minimum atomic E-state index is -0.206. The molecule has 0 spiro atoms. The maximum atomic E-state index is 13.0. The highest BCUT2D eigenvalue weighted by atomic mass is 32.1. The second kappa shape index (κ2) is 8.12. The first kappa shape index (κ1) is 19.8. The van der Waals surface area contributed by atoms with Crippen LogP contribution in [-0.2, 0) is 0 Å².